The van der Waals surface area contributed by atoms with E-state index in [1.165, 1.54) is 19.1 Å². The van der Waals surface area contributed by atoms with Crippen LogP contribution >= 0.6 is 11.6 Å². The summed E-state index contributed by atoms with van der Waals surface area (Å²) in [5, 5.41) is 18.3. The number of hydrogen-bond donors (Lipinski definition) is 1. The van der Waals surface area contributed by atoms with Crippen molar-refractivity contribution in [2.24, 2.45) is 0 Å². The zero-order chi connectivity index (χ0) is 10.1. The Bertz CT molecular complexity index is 370. The van der Waals surface area contributed by atoms with E-state index in [0.29, 0.717) is 0 Å². The minimum Gasteiger partial charge on any atom is -0.372 e. The van der Waals surface area contributed by atoms with Gasteiger partial charge in [-0.25, -0.2) is 4.39 Å². The summed E-state index contributed by atoms with van der Waals surface area (Å²) in [5.41, 5.74) is -1.95. The van der Waals surface area contributed by atoms with Gasteiger partial charge in [-0.2, -0.15) is 5.26 Å². The Labute approximate surface area is 80.2 Å². The van der Waals surface area contributed by atoms with Crippen LogP contribution in [0.15, 0.2) is 18.2 Å². The average Bonchev–Trinajstić information content (AvgIpc) is 2.09. The van der Waals surface area contributed by atoms with E-state index >= 15 is 0 Å². The highest BCUT2D eigenvalue weighted by molar-refractivity contribution is 6.30. The Morgan fingerprint density at radius 1 is 1.62 bits per heavy atom. The second-order valence-electron chi connectivity index (χ2n) is 2.81. The fraction of sp³-hybridized carbons (Fsp3) is 0.222. The second kappa shape index (κ2) is 3.33. The number of hydrogen-bond acceptors (Lipinski definition) is 2. The van der Waals surface area contributed by atoms with Crippen molar-refractivity contribution < 1.29 is 9.50 Å². The van der Waals surface area contributed by atoms with Gasteiger partial charge in [0, 0.05) is 10.6 Å². The van der Waals surface area contributed by atoms with Crippen LogP contribution < -0.4 is 0 Å². The van der Waals surface area contributed by atoms with E-state index in [-0.39, 0.29) is 10.6 Å². The minimum atomic E-state index is -1.84. The first kappa shape index (κ1) is 9.97. The summed E-state index contributed by atoms with van der Waals surface area (Å²) in [7, 11) is 0. The number of rotatable bonds is 1. The molecule has 1 rings (SSSR count). The van der Waals surface area contributed by atoms with Crippen LogP contribution in [0, 0.1) is 17.1 Å². The van der Waals surface area contributed by atoms with Crippen LogP contribution in [0.3, 0.4) is 0 Å². The Balaban J connectivity index is 3.30. The number of nitrogens with zero attached hydrogens (tertiary/aromatic N) is 1. The highest BCUT2D eigenvalue weighted by atomic mass is 35.5. The molecule has 4 heteroatoms. The third kappa shape index (κ3) is 1.97. The predicted molar refractivity (Wildman–Crippen MR) is 46.6 cm³/mol. The average molecular weight is 200 g/mol. The molecule has 0 spiro atoms. The summed E-state index contributed by atoms with van der Waals surface area (Å²) in [4.78, 5) is 0. The van der Waals surface area contributed by atoms with Gasteiger partial charge >= 0.3 is 0 Å². The van der Waals surface area contributed by atoms with E-state index in [2.05, 4.69) is 0 Å². The summed E-state index contributed by atoms with van der Waals surface area (Å²) in [5.74, 6) is -0.643. The Hall–Kier alpha value is -1.11. The van der Waals surface area contributed by atoms with Crippen LogP contribution in [0.25, 0.3) is 0 Å². The SMILES string of the molecule is CC(O)(C#N)c1cc(Cl)ccc1F. The molecular weight excluding hydrogens is 193 g/mol. The van der Waals surface area contributed by atoms with Gasteiger partial charge in [0.25, 0.3) is 0 Å². The third-order valence-electron chi connectivity index (χ3n) is 1.67. The highest BCUT2D eigenvalue weighted by Crippen LogP contribution is 2.25. The molecule has 0 radical (unpaired) electrons. The van der Waals surface area contributed by atoms with Crippen molar-refractivity contribution in [1.82, 2.24) is 0 Å². The molecule has 0 amide bonds. The fourth-order valence-corrected chi connectivity index (χ4v) is 1.10. The molecule has 0 aliphatic carbocycles. The van der Waals surface area contributed by atoms with Gasteiger partial charge in [0.05, 0.1) is 0 Å². The molecule has 0 saturated heterocycles. The number of benzene rings is 1. The fourth-order valence-electron chi connectivity index (χ4n) is 0.931. The molecule has 0 bridgehead atoms. The van der Waals surface area contributed by atoms with Gasteiger partial charge in [-0.05, 0) is 25.1 Å². The molecule has 0 saturated carbocycles. The molecule has 1 aromatic rings. The monoisotopic (exact) mass is 199 g/mol. The first-order chi connectivity index (χ1) is 5.97. The minimum absolute atomic E-state index is 0.109. The first-order valence-corrected chi connectivity index (χ1v) is 3.94. The van der Waals surface area contributed by atoms with E-state index in [0.717, 1.165) is 6.07 Å². The molecule has 13 heavy (non-hydrogen) atoms. The van der Waals surface area contributed by atoms with E-state index < -0.39 is 11.4 Å². The standard InChI is InChI=1S/C9H7ClFNO/c1-9(13,5-12)7-4-6(10)2-3-8(7)11/h2-4,13H,1H3. The molecule has 0 fully saturated rings. The maximum atomic E-state index is 13.1. The van der Waals surface area contributed by atoms with Gasteiger partial charge in [0.15, 0.2) is 5.60 Å². The summed E-state index contributed by atoms with van der Waals surface area (Å²) in [6.45, 7) is 1.21. The van der Waals surface area contributed by atoms with Gasteiger partial charge in [0.1, 0.15) is 11.9 Å². The molecule has 68 valence electrons. The Morgan fingerprint density at radius 2 is 2.23 bits per heavy atom. The molecule has 0 heterocycles. The normalized spacial score (nSPS) is 14.7. The summed E-state index contributed by atoms with van der Waals surface area (Å²) in [6, 6.07) is 5.29. The van der Waals surface area contributed by atoms with Crippen LogP contribution in [0.1, 0.15) is 12.5 Å². The summed E-state index contributed by atoms with van der Waals surface area (Å²) in [6.07, 6.45) is 0. The molecule has 0 aliphatic rings. The Morgan fingerprint density at radius 3 is 2.77 bits per heavy atom. The quantitative estimate of drug-likeness (QED) is 0.705. The highest BCUT2D eigenvalue weighted by Gasteiger charge is 2.26. The van der Waals surface area contributed by atoms with Gasteiger partial charge in [-0.3, -0.25) is 0 Å². The van der Waals surface area contributed by atoms with Gasteiger partial charge < -0.3 is 5.11 Å². The maximum absolute atomic E-state index is 13.1. The van der Waals surface area contributed by atoms with Crippen LogP contribution in [-0.2, 0) is 5.60 Å². The van der Waals surface area contributed by atoms with Crippen molar-refractivity contribution in [2.45, 2.75) is 12.5 Å². The van der Waals surface area contributed by atoms with Crippen molar-refractivity contribution in [3.05, 3.63) is 34.6 Å². The van der Waals surface area contributed by atoms with Gasteiger partial charge in [-0.1, -0.05) is 11.6 Å². The topological polar surface area (TPSA) is 44.0 Å². The summed E-state index contributed by atoms with van der Waals surface area (Å²) < 4.78 is 13.1. The van der Waals surface area contributed by atoms with Crippen molar-refractivity contribution in [3.8, 4) is 6.07 Å². The smallest absolute Gasteiger partial charge is 0.176 e. The van der Waals surface area contributed by atoms with Crippen LogP contribution in [-0.4, -0.2) is 5.11 Å². The Kier molecular flexibility index (Phi) is 2.55. The molecule has 1 atom stereocenters. The lowest BCUT2D eigenvalue weighted by atomic mass is 9.97. The van der Waals surface area contributed by atoms with Crippen molar-refractivity contribution >= 4 is 11.6 Å². The number of aliphatic hydroxyl groups is 1. The van der Waals surface area contributed by atoms with Gasteiger partial charge in [0.2, 0.25) is 0 Å². The summed E-state index contributed by atoms with van der Waals surface area (Å²) >= 11 is 5.59. The van der Waals surface area contributed by atoms with Crippen molar-refractivity contribution in [1.29, 1.82) is 5.26 Å². The molecule has 0 aliphatic heterocycles. The lowest BCUT2D eigenvalue weighted by Crippen LogP contribution is -2.19. The number of halogens is 2. The van der Waals surface area contributed by atoms with Crippen molar-refractivity contribution in [2.75, 3.05) is 0 Å². The van der Waals surface area contributed by atoms with E-state index in [1.54, 1.807) is 6.07 Å². The lowest BCUT2D eigenvalue weighted by molar-refractivity contribution is 0.115. The molecular formula is C9H7ClFNO. The van der Waals surface area contributed by atoms with E-state index in [1.807, 2.05) is 0 Å². The van der Waals surface area contributed by atoms with Crippen molar-refractivity contribution in [3.63, 3.8) is 0 Å². The zero-order valence-corrected chi connectivity index (χ0v) is 7.64. The lowest BCUT2D eigenvalue weighted by Gasteiger charge is -2.15. The van der Waals surface area contributed by atoms with Crippen LogP contribution in [0.2, 0.25) is 5.02 Å². The molecule has 1 unspecified atom stereocenters. The largest absolute Gasteiger partial charge is 0.372 e. The predicted octanol–water partition coefficient (Wildman–Crippen LogP) is 2.21. The van der Waals surface area contributed by atoms with E-state index in [9.17, 15) is 9.50 Å². The molecule has 1 aromatic carbocycles. The molecule has 1 N–H and O–H groups in total. The second-order valence-corrected chi connectivity index (χ2v) is 3.24. The van der Waals surface area contributed by atoms with Crippen LogP contribution in [0.5, 0.6) is 0 Å². The third-order valence-corrected chi connectivity index (χ3v) is 1.91. The van der Waals surface area contributed by atoms with E-state index in [4.69, 9.17) is 16.9 Å². The zero-order valence-electron chi connectivity index (χ0n) is 6.88. The molecule has 0 aromatic heterocycles. The van der Waals surface area contributed by atoms with Crippen LogP contribution in [0.4, 0.5) is 4.39 Å². The number of nitriles is 1. The maximum Gasteiger partial charge on any atom is 0.176 e. The van der Waals surface area contributed by atoms with Gasteiger partial charge in [-0.15, -0.1) is 0 Å². The molecule has 2 nitrogen and oxygen atoms in total. The first-order valence-electron chi connectivity index (χ1n) is 3.56.